The third-order valence-electron chi connectivity index (χ3n) is 3.61. The first-order chi connectivity index (χ1) is 13.0. The van der Waals surface area contributed by atoms with E-state index < -0.39 is 23.4 Å². The summed E-state index contributed by atoms with van der Waals surface area (Å²) in [5, 5.41) is 14.0. The Labute approximate surface area is 157 Å². The van der Waals surface area contributed by atoms with Gasteiger partial charge in [-0.2, -0.15) is 0 Å². The molecule has 0 saturated carbocycles. The van der Waals surface area contributed by atoms with Crippen LogP contribution in [0.15, 0.2) is 54.6 Å². The number of hydrogen-bond acceptors (Lipinski definition) is 6. The van der Waals surface area contributed by atoms with Crippen molar-refractivity contribution >= 4 is 45.8 Å². The number of rotatable bonds is 5. The van der Waals surface area contributed by atoms with Crippen LogP contribution in [0.2, 0.25) is 5.15 Å². The van der Waals surface area contributed by atoms with E-state index in [1.807, 2.05) is 0 Å². The molecule has 0 atom stereocenters. The number of nitro groups is 1. The molecule has 0 aliphatic heterocycles. The average molecular weight is 386 g/mol. The van der Waals surface area contributed by atoms with Crippen molar-refractivity contribution in [2.24, 2.45) is 0 Å². The molecule has 1 N–H and O–H groups in total. The van der Waals surface area contributed by atoms with Gasteiger partial charge in [-0.3, -0.25) is 14.9 Å². The summed E-state index contributed by atoms with van der Waals surface area (Å²) in [4.78, 5) is 38.8. The van der Waals surface area contributed by atoms with Crippen LogP contribution in [-0.2, 0) is 9.53 Å². The van der Waals surface area contributed by atoms with E-state index in [1.54, 1.807) is 30.3 Å². The number of nitrogens with one attached hydrogen (secondary N) is 1. The summed E-state index contributed by atoms with van der Waals surface area (Å²) >= 11 is 5.92. The Morgan fingerprint density at radius 3 is 2.63 bits per heavy atom. The number of aromatic nitrogens is 1. The number of nitrogens with zero attached hydrogens (tertiary/aromatic N) is 2. The van der Waals surface area contributed by atoms with Crippen molar-refractivity contribution in [2.75, 3.05) is 11.9 Å². The molecule has 0 unspecified atom stereocenters. The number of halogens is 1. The second kappa shape index (κ2) is 7.79. The minimum atomic E-state index is -0.756. The van der Waals surface area contributed by atoms with Gasteiger partial charge >= 0.3 is 5.97 Å². The van der Waals surface area contributed by atoms with Gasteiger partial charge in [0.15, 0.2) is 6.61 Å². The quantitative estimate of drug-likeness (QED) is 0.311. The molecule has 0 aliphatic rings. The van der Waals surface area contributed by atoms with Crippen LogP contribution < -0.4 is 5.32 Å². The van der Waals surface area contributed by atoms with E-state index >= 15 is 0 Å². The Balaban J connectivity index is 1.72. The number of pyridine rings is 1. The normalized spacial score (nSPS) is 10.4. The minimum Gasteiger partial charge on any atom is -0.452 e. The van der Waals surface area contributed by atoms with E-state index in [9.17, 15) is 19.7 Å². The number of fused-ring (bicyclic) bond motifs is 1. The van der Waals surface area contributed by atoms with Crippen LogP contribution >= 0.6 is 11.6 Å². The van der Waals surface area contributed by atoms with Crippen molar-refractivity contribution in [1.82, 2.24) is 4.98 Å². The SMILES string of the molecule is O=C(COC(=O)c1cc(Cl)nc2ccccc12)Nc1ccccc1[N+](=O)[O-]. The fourth-order valence-corrected chi connectivity index (χ4v) is 2.65. The smallest absolute Gasteiger partial charge is 0.339 e. The van der Waals surface area contributed by atoms with Crippen molar-refractivity contribution in [3.8, 4) is 0 Å². The van der Waals surface area contributed by atoms with Crippen LogP contribution in [0.4, 0.5) is 11.4 Å². The number of benzene rings is 2. The van der Waals surface area contributed by atoms with Gasteiger partial charge in [-0.25, -0.2) is 9.78 Å². The molecule has 1 heterocycles. The molecule has 9 heteroatoms. The number of carbonyl (C=O) groups excluding carboxylic acids is 2. The van der Waals surface area contributed by atoms with E-state index in [0.29, 0.717) is 10.9 Å². The molecule has 0 spiro atoms. The van der Waals surface area contributed by atoms with Gasteiger partial charge in [0.1, 0.15) is 10.8 Å². The Hall–Kier alpha value is -3.52. The summed E-state index contributed by atoms with van der Waals surface area (Å²) in [6.07, 6.45) is 0. The zero-order valence-electron chi connectivity index (χ0n) is 13.7. The first-order valence-electron chi connectivity index (χ1n) is 7.71. The molecule has 3 aromatic rings. The Kier molecular flexibility index (Phi) is 5.28. The molecule has 0 fully saturated rings. The van der Waals surface area contributed by atoms with Crippen molar-refractivity contribution < 1.29 is 19.2 Å². The molecule has 2 aromatic carbocycles. The van der Waals surface area contributed by atoms with Gasteiger partial charge in [-0.1, -0.05) is 41.9 Å². The Morgan fingerprint density at radius 2 is 1.85 bits per heavy atom. The maximum atomic E-state index is 12.3. The number of nitro benzene ring substituents is 1. The molecular formula is C18H12ClN3O5. The van der Waals surface area contributed by atoms with Gasteiger partial charge in [-0.15, -0.1) is 0 Å². The van der Waals surface area contributed by atoms with Crippen LogP contribution in [-0.4, -0.2) is 28.4 Å². The minimum absolute atomic E-state index is 0.0148. The van der Waals surface area contributed by atoms with E-state index in [2.05, 4.69) is 10.3 Å². The lowest BCUT2D eigenvalue weighted by molar-refractivity contribution is -0.383. The van der Waals surface area contributed by atoms with Crippen molar-refractivity contribution in [1.29, 1.82) is 0 Å². The molecule has 0 radical (unpaired) electrons. The highest BCUT2D eigenvalue weighted by atomic mass is 35.5. The lowest BCUT2D eigenvalue weighted by Gasteiger charge is -2.09. The fourth-order valence-electron chi connectivity index (χ4n) is 2.45. The zero-order valence-corrected chi connectivity index (χ0v) is 14.5. The van der Waals surface area contributed by atoms with Crippen LogP contribution in [0.1, 0.15) is 10.4 Å². The summed E-state index contributed by atoms with van der Waals surface area (Å²) < 4.78 is 5.02. The van der Waals surface area contributed by atoms with E-state index in [4.69, 9.17) is 16.3 Å². The number of amides is 1. The van der Waals surface area contributed by atoms with E-state index in [-0.39, 0.29) is 22.1 Å². The van der Waals surface area contributed by atoms with E-state index in [1.165, 1.54) is 24.3 Å². The number of para-hydroxylation sites is 3. The second-order valence-corrected chi connectivity index (χ2v) is 5.80. The molecule has 1 aromatic heterocycles. The first kappa shape index (κ1) is 18.3. The standard InChI is InChI=1S/C18H12ClN3O5/c19-16-9-12(11-5-1-2-6-13(11)20-16)18(24)27-10-17(23)21-14-7-3-4-8-15(14)22(25)26/h1-9H,10H2,(H,21,23). The highest BCUT2D eigenvalue weighted by Gasteiger charge is 2.18. The summed E-state index contributed by atoms with van der Waals surface area (Å²) in [5.41, 5.74) is 0.440. The van der Waals surface area contributed by atoms with Crippen LogP contribution in [0.3, 0.4) is 0 Å². The van der Waals surface area contributed by atoms with Gasteiger partial charge in [0, 0.05) is 11.5 Å². The Morgan fingerprint density at radius 1 is 1.15 bits per heavy atom. The summed E-state index contributed by atoms with van der Waals surface area (Å²) in [6.45, 7) is -0.612. The van der Waals surface area contributed by atoms with Crippen molar-refractivity contribution in [2.45, 2.75) is 0 Å². The average Bonchev–Trinajstić information content (AvgIpc) is 2.65. The monoisotopic (exact) mass is 385 g/mol. The van der Waals surface area contributed by atoms with Gasteiger partial charge < -0.3 is 10.1 Å². The molecule has 8 nitrogen and oxygen atoms in total. The lowest BCUT2D eigenvalue weighted by Crippen LogP contribution is -2.21. The summed E-state index contributed by atoms with van der Waals surface area (Å²) in [5.74, 6) is -1.46. The molecular weight excluding hydrogens is 374 g/mol. The first-order valence-corrected chi connectivity index (χ1v) is 8.09. The molecule has 3 rings (SSSR count). The molecule has 1 amide bonds. The highest BCUT2D eigenvalue weighted by molar-refractivity contribution is 6.30. The van der Waals surface area contributed by atoms with Crippen molar-refractivity contribution in [3.05, 3.63) is 75.4 Å². The topological polar surface area (TPSA) is 111 Å². The fraction of sp³-hybridized carbons (Fsp3) is 0.0556. The predicted octanol–water partition coefficient (Wildman–Crippen LogP) is 3.59. The lowest BCUT2D eigenvalue weighted by atomic mass is 10.1. The van der Waals surface area contributed by atoms with Gasteiger partial charge in [0.25, 0.3) is 11.6 Å². The zero-order chi connectivity index (χ0) is 19.4. The van der Waals surface area contributed by atoms with Crippen molar-refractivity contribution in [3.63, 3.8) is 0 Å². The van der Waals surface area contributed by atoms with Gasteiger partial charge in [0.05, 0.1) is 16.0 Å². The Bertz CT molecular complexity index is 1050. The van der Waals surface area contributed by atoms with Crippen LogP contribution in [0, 0.1) is 10.1 Å². The maximum absolute atomic E-state index is 12.3. The third-order valence-corrected chi connectivity index (χ3v) is 3.81. The van der Waals surface area contributed by atoms with E-state index in [0.717, 1.165) is 0 Å². The molecule has 0 aliphatic carbocycles. The third kappa shape index (κ3) is 4.18. The maximum Gasteiger partial charge on any atom is 0.339 e. The van der Waals surface area contributed by atoms with Crippen LogP contribution in [0.25, 0.3) is 10.9 Å². The molecule has 0 bridgehead atoms. The van der Waals surface area contributed by atoms with Gasteiger partial charge in [0.2, 0.25) is 0 Å². The largest absolute Gasteiger partial charge is 0.452 e. The molecule has 27 heavy (non-hydrogen) atoms. The molecule has 136 valence electrons. The number of anilines is 1. The second-order valence-electron chi connectivity index (χ2n) is 5.41. The predicted molar refractivity (Wildman–Crippen MR) is 98.8 cm³/mol. The number of hydrogen-bond donors (Lipinski definition) is 1. The van der Waals surface area contributed by atoms with Crippen LogP contribution in [0.5, 0.6) is 0 Å². The number of ether oxygens (including phenoxy) is 1. The number of esters is 1. The summed E-state index contributed by atoms with van der Waals surface area (Å²) in [6, 6.07) is 13.9. The highest BCUT2D eigenvalue weighted by Crippen LogP contribution is 2.23. The number of carbonyl (C=O) groups is 2. The summed E-state index contributed by atoms with van der Waals surface area (Å²) in [7, 11) is 0. The molecule has 0 saturated heterocycles. The van der Waals surface area contributed by atoms with Gasteiger partial charge in [-0.05, 0) is 18.2 Å².